The number of alkyl halides is 6. The summed E-state index contributed by atoms with van der Waals surface area (Å²) in [6, 6.07) is 0.967. The Morgan fingerprint density at radius 1 is 1.11 bits per heavy atom. The second kappa shape index (κ2) is 7.60. The summed E-state index contributed by atoms with van der Waals surface area (Å²) in [7, 11) is 0. The minimum absolute atomic E-state index is 0.00229. The van der Waals surface area contributed by atoms with Crippen molar-refractivity contribution in [3.63, 3.8) is 0 Å². The lowest BCUT2D eigenvalue weighted by Gasteiger charge is -2.12. The van der Waals surface area contributed by atoms with Crippen molar-refractivity contribution in [3.8, 4) is 11.4 Å². The van der Waals surface area contributed by atoms with Crippen molar-refractivity contribution >= 4 is 5.97 Å². The van der Waals surface area contributed by atoms with Crippen LogP contribution in [0, 0.1) is 0 Å². The zero-order valence-corrected chi connectivity index (χ0v) is 14.6. The van der Waals surface area contributed by atoms with Crippen molar-refractivity contribution in [1.82, 2.24) is 20.2 Å². The van der Waals surface area contributed by atoms with Gasteiger partial charge >= 0.3 is 18.3 Å². The first-order valence-electron chi connectivity index (χ1n) is 7.74. The molecule has 0 spiro atoms. The van der Waals surface area contributed by atoms with Crippen LogP contribution in [0.4, 0.5) is 26.3 Å². The Hall–Kier alpha value is -2.92. The van der Waals surface area contributed by atoms with Crippen LogP contribution < -0.4 is 0 Å². The van der Waals surface area contributed by atoms with Gasteiger partial charge in [0.1, 0.15) is 0 Å². The van der Waals surface area contributed by atoms with Crippen molar-refractivity contribution in [3.05, 3.63) is 41.5 Å². The summed E-state index contributed by atoms with van der Waals surface area (Å²) in [5.41, 5.74) is -3.60. The molecule has 1 aromatic heterocycles. The summed E-state index contributed by atoms with van der Waals surface area (Å²) in [4.78, 5) is 12.5. The van der Waals surface area contributed by atoms with E-state index in [-0.39, 0.29) is 18.2 Å². The number of hydrogen-bond acceptors (Lipinski definition) is 5. The Kier molecular flexibility index (Phi) is 5.80. The Bertz CT molecular complexity index is 854. The van der Waals surface area contributed by atoms with Crippen LogP contribution >= 0.6 is 0 Å². The molecule has 6 nitrogen and oxygen atoms in total. The van der Waals surface area contributed by atoms with E-state index in [1.807, 2.05) is 0 Å². The van der Waals surface area contributed by atoms with Gasteiger partial charge < -0.3 is 4.74 Å². The van der Waals surface area contributed by atoms with E-state index < -0.39 is 46.9 Å². The molecule has 0 saturated heterocycles. The van der Waals surface area contributed by atoms with Gasteiger partial charge in [0.2, 0.25) is 5.82 Å². The molecule has 0 bridgehead atoms. The van der Waals surface area contributed by atoms with Gasteiger partial charge in [0.05, 0.1) is 29.3 Å². The molecule has 0 aliphatic carbocycles. The minimum Gasteiger partial charge on any atom is -0.460 e. The van der Waals surface area contributed by atoms with E-state index in [0.717, 1.165) is 4.80 Å². The fraction of sp³-hybridized carbons (Fsp3) is 0.375. The molecule has 2 aromatic rings. The van der Waals surface area contributed by atoms with Crippen molar-refractivity contribution in [2.45, 2.75) is 38.8 Å². The van der Waals surface area contributed by atoms with Gasteiger partial charge in [-0.1, -0.05) is 6.58 Å². The molecule has 0 amide bonds. The van der Waals surface area contributed by atoms with Crippen LogP contribution in [0.1, 0.15) is 25.0 Å². The van der Waals surface area contributed by atoms with E-state index in [2.05, 4.69) is 22.0 Å². The number of carbonyl (C=O) groups excluding carboxylic acids is 1. The maximum Gasteiger partial charge on any atom is 0.416 e. The Balaban J connectivity index is 2.34. The molecule has 0 saturated carbocycles. The fourth-order valence-electron chi connectivity index (χ4n) is 2.04. The first kappa shape index (κ1) is 21.4. The highest BCUT2D eigenvalue weighted by Crippen LogP contribution is 2.37. The maximum absolute atomic E-state index is 12.9. The highest BCUT2D eigenvalue weighted by Gasteiger charge is 2.37. The number of aromatic nitrogens is 4. The van der Waals surface area contributed by atoms with Gasteiger partial charge in [0.25, 0.3) is 0 Å². The van der Waals surface area contributed by atoms with Gasteiger partial charge in [-0.25, -0.2) is 4.79 Å². The van der Waals surface area contributed by atoms with Crippen LogP contribution in [0.2, 0.25) is 0 Å². The van der Waals surface area contributed by atoms with E-state index in [4.69, 9.17) is 4.74 Å². The zero-order valence-electron chi connectivity index (χ0n) is 14.6. The second-order valence-electron chi connectivity index (χ2n) is 6.00. The average molecular weight is 408 g/mol. The summed E-state index contributed by atoms with van der Waals surface area (Å²) in [6.45, 7) is 6.40. The molecule has 0 aliphatic heterocycles. The molecule has 0 unspecified atom stereocenters. The minimum atomic E-state index is -5.00. The quantitative estimate of drug-likeness (QED) is 0.427. The number of tetrazole rings is 1. The second-order valence-corrected chi connectivity index (χ2v) is 6.00. The SMILES string of the molecule is C=C(Cn1nnc(-c2cc(C(F)(F)F)cc(C(F)(F)F)c2)n1)C(=O)OC(C)C. The number of halogens is 6. The summed E-state index contributed by atoms with van der Waals surface area (Å²) in [5, 5.41) is 10.7. The standard InChI is InChI=1S/C16H14F6N4O2/c1-8(2)28-14(27)9(3)7-26-24-13(23-25-26)10-4-11(15(17,18)19)6-12(5-10)16(20,21)22/h4-6,8H,3,7H2,1-2H3. The topological polar surface area (TPSA) is 69.9 Å². The van der Waals surface area contributed by atoms with Crippen LogP contribution in [0.3, 0.4) is 0 Å². The van der Waals surface area contributed by atoms with Crippen molar-refractivity contribution < 1.29 is 35.9 Å². The molecule has 0 atom stereocenters. The van der Waals surface area contributed by atoms with Crippen LogP contribution in [-0.2, 0) is 28.4 Å². The lowest BCUT2D eigenvalue weighted by Crippen LogP contribution is -2.17. The number of hydrogen-bond donors (Lipinski definition) is 0. The van der Waals surface area contributed by atoms with Gasteiger partial charge in [-0.15, -0.1) is 10.2 Å². The third-order valence-corrected chi connectivity index (χ3v) is 3.26. The predicted molar refractivity (Wildman–Crippen MR) is 83.6 cm³/mol. The molecule has 1 aromatic carbocycles. The van der Waals surface area contributed by atoms with Crippen LogP contribution in [0.5, 0.6) is 0 Å². The van der Waals surface area contributed by atoms with Gasteiger partial charge in [0, 0.05) is 5.56 Å². The van der Waals surface area contributed by atoms with Crippen LogP contribution in [0.15, 0.2) is 30.4 Å². The highest BCUT2D eigenvalue weighted by molar-refractivity contribution is 5.87. The van der Waals surface area contributed by atoms with Crippen LogP contribution in [-0.4, -0.2) is 32.3 Å². The third kappa shape index (κ3) is 5.30. The smallest absolute Gasteiger partial charge is 0.416 e. The summed E-state index contributed by atoms with van der Waals surface area (Å²) >= 11 is 0. The fourth-order valence-corrected chi connectivity index (χ4v) is 2.04. The van der Waals surface area contributed by atoms with Gasteiger partial charge in [-0.2, -0.15) is 31.1 Å². The normalized spacial score (nSPS) is 12.3. The Morgan fingerprint density at radius 3 is 2.11 bits per heavy atom. The number of benzene rings is 1. The predicted octanol–water partition coefficient (Wildman–Crippen LogP) is 3.89. The molecule has 12 heteroatoms. The number of esters is 1. The van der Waals surface area contributed by atoms with E-state index in [1.165, 1.54) is 0 Å². The van der Waals surface area contributed by atoms with E-state index in [0.29, 0.717) is 12.1 Å². The van der Waals surface area contributed by atoms with E-state index in [1.54, 1.807) is 13.8 Å². The summed E-state index contributed by atoms with van der Waals surface area (Å²) in [6.07, 6.45) is -10.4. The lowest BCUT2D eigenvalue weighted by molar-refractivity contribution is -0.144. The largest absolute Gasteiger partial charge is 0.460 e. The Labute approximate surface area is 154 Å². The molecule has 0 fully saturated rings. The lowest BCUT2D eigenvalue weighted by atomic mass is 10.0. The van der Waals surface area contributed by atoms with Crippen molar-refractivity contribution in [2.24, 2.45) is 0 Å². The van der Waals surface area contributed by atoms with Gasteiger partial charge in [0.15, 0.2) is 0 Å². The summed E-state index contributed by atoms with van der Waals surface area (Å²) < 4.78 is 82.5. The molecular formula is C16H14F6N4O2. The number of rotatable bonds is 5. The molecule has 2 rings (SSSR count). The number of carbonyl (C=O) groups is 1. The molecule has 0 radical (unpaired) electrons. The van der Waals surface area contributed by atoms with Crippen molar-refractivity contribution in [2.75, 3.05) is 0 Å². The Morgan fingerprint density at radius 2 is 1.64 bits per heavy atom. The van der Waals surface area contributed by atoms with E-state index in [9.17, 15) is 31.1 Å². The molecule has 1 heterocycles. The van der Waals surface area contributed by atoms with Crippen LogP contribution in [0.25, 0.3) is 11.4 Å². The molecule has 0 N–H and O–H groups in total. The summed E-state index contributed by atoms with van der Waals surface area (Å²) in [5.74, 6) is -1.21. The average Bonchev–Trinajstić information content (AvgIpc) is 3.00. The highest BCUT2D eigenvalue weighted by atomic mass is 19.4. The molecular weight excluding hydrogens is 394 g/mol. The van der Waals surface area contributed by atoms with Gasteiger partial charge in [-0.05, 0) is 37.3 Å². The zero-order chi connectivity index (χ0) is 21.3. The maximum atomic E-state index is 12.9. The molecule has 152 valence electrons. The monoisotopic (exact) mass is 408 g/mol. The number of ether oxygens (including phenoxy) is 1. The van der Waals surface area contributed by atoms with E-state index >= 15 is 0 Å². The van der Waals surface area contributed by atoms with Gasteiger partial charge in [-0.3, -0.25) is 0 Å². The van der Waals surface area contributed by atoms with Crippen molar-refractivity contribution in [1.29, 1.82) is 0 Å². The third-order valence-electron chi connectivity index (χ3n) is 3.26. The first-order chi connectivity index (χ1) is 12.8. The molecule has 0 aliphatic rings. The molecule has 28 heavy (non-hydrogen) atoms. The first-order valence-corrected chi connectivity index (χ1v) is 7.74. The number of nitrogens with zero attached hydrogens (tertiary/aromatic N) is 4.